The number of nitrogens with zero attached hydrogens (tertiary/aromatic N) is 2. The summed E-state index contributed by atoms with van der Waals surface area (Å²) >= 11 is 0. The highest BCUT2D eigenvalue weighted by Crippen LogP contribution is 2.34. The minimum atomic E-state index is 0.548. The molecule has 94 valence electrons. The van der Waals surface area contributed by atoms with Crippen LogP contribution in [0.4, 0.5) is 11.5 Å². The lowest BCUT2D eigenvalue weighted by Gasteiger charge is -2.24. The average molecular weight is 243 g/mol. The van der Waals surface area contributed by atoms with Crippen molar-refractivity contribution in [3.63, 3.8) is 0 Å². The van der Waals surface area contributed by atoms with Crippen molar-refractivity contribution in [2.45, 2.75) is 32.4 Å². The molecule has 2 aromatic heterocycles. The molecule has 1 aliphatic rings. The van der Waals surface area contributed by atoms with Crippen LogP contribution in [-0.2, 0) is 6.54 Å². The van der Waals surface area contributed by atoms with Crippen LogP contribution in [0.1, 0.15) is 24.3 Å². The van der Waals surface area contributed by atoms with Crippen molar-refractivity contribution in [2.24, 2.45) is 0 Å². The maximum absolute atomic E-state index is 6.05. The third-order valence-corrected chi connectivity index (χ3v) is 3.21. The molecule has 2 N–H and O–H groups in total. The first-order chi connectivity index (χ1) is 8.74. The molecule has 0 aromatic carbocycles. The molecule has 0 aliphatic heterocycles. The highest BCUT2D eigenvalue weighted by molar-refractivity contribution is 5.64. The number of rotatable bonds is 4. The summed E-state index contributed by atoms with van der Waals surface area (Å²) in [6, 6.07) is 8.31. The topological polar surface area (TPSA) is 55.3 Å². The number of nitrogen functional groups attached to an aromatic ring is 1. The van der Waals surface area contributed by atoms with Crippen molar-refractivity contribution < 1.29 is 4.42 Å². The predicted octanol–water partition coefficient (Wildman–Crippen LogP) is 2.73. The van der Waals surface area contributed by atoms with E-state index in [2.05, 4.69) is 9.88 Å². The van der Waals surface area contributed by atoms with Gasteiger partial charge in [0.1, 0.15) is 5.76 Å². The Labute approximate surface area is 106 Å². The molecule has 4 heteroatoms. The first-order valence-electron chi connectivity index (χ1n) is 6.26. The molecular weight excluding hydrogens is 226 g/mol. The van der Waals surface area contributed by atoms with Gasteiger partial charge in [-0.2, -0.15) is 0 Å². The largest absolute Gasteiger partial charge is 0.467 e. The number of hydrogen-bond acceptors (Lipinski definition) is 4. The normalized spacial score (nSPS) is 14.7. The van der Waals surface area contributed by atoms with E-state index in [0.717, 1.165) is 29.5 Å². The van der Waals surface area contributed by atoms with Gasteiger partial charge in [-0.25, -0.2) is 4.98 Å². The summed E-state index contributed by atoms with van der Waals surface area (Å²) in [7, 11) is 0. The zero-order chi connectivity index (χ0) is 12.5. The average Bonchev–Trinajstić information content (AvgIpc) is 3.07. The molecule has 0 radical (unpaired) electrons. The second kappa shape index (κ2) is 4.37. The van der Waals surface area contributed by atoms with E-state index in [9.17, 15) is 0 Å². The second-order valence-corrected chi connectivity index (χ2v) is 4.80. The summed E-state index contributed by atoms with van der Waals surface area (Å²) in [6.07, 6.45) is 4.11. The number of aromatic nitrogens is 1. The summed E-state index contributed by atoms with van der Waals surface area (Å²) in [5.41, 5.74) is 7.78. The van der Waals surface area contributed by atoms with Gasteiger partial charge in [0, 0.05) is 11.7 Å². The smallest absolute Gasteiger partial charge is 0.152 e. The highest BCUT2D eigenvalue weighted by Gasteiger charge is 2.31. The first kappa shape index (κ1) is 11.1. The Morgan fingerprint density at radius 1 is 1.39 bits per heavy atom. The van der Waals surface area contributed by atoms with Gasteiger partial charge in [0.2, 0.25) is 0 Å². The van der Waals surface area contributed by atoms with E-state index in [1.165, 1.54) is 12.8 Å². The van der Waals surface area contributed by atoms with Crippen molar-refractivity contribution in [3.8, 4) is 0 Å². The summed E-state index contributed by atoms with van der Waals surface area (Å²) in [4.78, 5) is 6.83. The quantitative estimate of drug-likeness (QED) is 0.897. The standard InChI is InChI=1S/C14H17N3O/c1-10-4-7-13(15)14(16-10)17(11-5-6-11)9-12-3-2-8-18-12/h2-4,7-8,11H,5-6,9,15H2,1H3. The van der Waals surface area contributed by atoms with E-state index in [0.29, 0.717) is 6.04 Å². The lowest BCUT2D eigenvalue weighted by atomic mass is 10.3. The number of anilines is 2. The molecule has 1 saturated carbocycles. The van der Waals surface area contributed by atoms with E-state index in [4.69, 9.17) is 10.2 Å². The van der Waals surface area contributed by atoms with Gasteiger partial charge in [0.15, 0.2) is 5.82 Å². The van der Waals surface area contributed by atoms with Gasteiger partial charge in [-0.1, -0.05) is 0 Å². The number of nitrogens with two attached hydrogens (primary N) is 1. The molecule has 2 heterocycles. The molecule has 0 saturated heterocycles. The summed E-state index contributed by atoms with van der Waals surface area (Å²) < 4.78 is 5.42. The summed E-state index contributed by atoms with van der Waals surface area (Å²) in [5, 5.41) is 0. The second-order valence-electron chi connectivity index (χ2n) is 4.80. The van der Waals surface area contributed by atoms with E-state index >= 15 is 0 Å². The van der Waals surface area contributed by atoms with Crippen molar-refractivity contribution >= 4 is 11.5 Å². The molecule has 18 heavy (non-hydrogen) atoms. The Morgan fingerprint density at radius 3 is 2.89 bits per heavy atom. The maximum atomic E-state index is 6.05. The van der Waals surface area contributed by atoms with Crippen LogP contribution in [0.3, 0.4) is 0 Å². The molecule has 0 bridgehead atoms. The summed E-state index contributed by atoms with van der Waals surface area (Å²) in [6.45, 7) is 2.72. The van der Waals surface area contributed by atoms with Crippen LogP contribution in [0, 0.1) is 6.92 Å². The minimum absolute atomic E-state index is 0.548. The Morgan fingerprint density at radius 2 is 2.22 bits per heavy atom. The Balaban J connectivity index is 1.91. The van der Waals surface area contributed by atoms with E-state index < -0.39 is 0 Å². The van der Waals surface area contributed by atoms with E-state index in [-0.39, 0.29) is 0 Å². The fraction of sp³-hybridized carbons (Fsp3) is 0.357. The fourth-order valence-electron chi connectivity index (χ4n) is 2.12. The SMILES string of the molecule is Cc1ccc(N)c(N(Cc2ccco2)C2CC2)n1. The van der Waals surface area contributed by atoms with Crippen molar-refractivity contribution in [1.82, 2.24) is 4.98 Å². The van der Waals surface area contributed by atoms with Crippen molar-refractivity contribution in [3.05, 3.63) is 42.0 Å². The third kappa shape index (κ3) is 2.18. The van der Waals surface area contributed by atoms with Crippen LogP contribution in [0.15, 0.2) is 34.9 Å². The lowest BCUT2D eigenvalue weighted by Crippen LogP contribution is -2.27. The van der Waals surface area contributed by atoms with Crippen molar-refractivity contribution in [1.29, 1.82) is 0 Å². The van der Waals surface area contributed by atoms with Gasteiger partial charge >= 0.3 is 0 Å². The van der Waals surface area contributed by atoms with E-state index in [1.807, 2.05) is 31.2 Å². The number of hydrogen-bond donors (Lipinski definition) is 1. The number of furan rings is 1. The van der Waals surface area contributed by atoms with Crippen LogP contribution in [-0.4, -0.2) is 11.0 Å². The first-order valence-corrected chi connectivity index (χ1v) is 6.26. The van der Waals surface area contributed by atoms with Gasteiger partial charge in [-0.3, -0.25) is 0 Å². The molecule has 0 unspecified atom stereocenters. The monoisotopic (exact) mass is 243 g/mol. The molecule has 1 fully saturated rings. The van der Waals surface area contributed by atoms with Crippen molar-refractivity contribution in [2.75, 3.05) is 10.6 Å². The lowest BCUT2D eigenvalue weighted by molar-refractivity contribution is 0.500. The van der Waals surface area contributed by atoms with Crippen LogP contribution in [0.25, 0.3) is 0 Å². The summed E-state index contributed by atoms with van der Waals surface area (Å²) in [5.74, 6) is 1.83. The highest BCUT2D eigenvalue weighted by atomic mass is 16.3. The molecule has 0 spiro atoms. The Hall–Kier alpha value is -1.97. The molecule has 3 rings (SSSR count). The third-order valence-electron chi connectivity index (χ3n) is 3.21. The molecular formula is C14H17N3O. The fourth-order valence-corrected chi connectivity index (χ4v) is 2.12. The van der Waals surface area contributed by atoms with Crippen LogP contribution in [0.2, 0.25) is 0 Å². The van der Waals surface area contributed by atoms with Crippen LogP contribution in [0.5, 0.6) is 0 Å². The maximum Gasteiger partial charge on any atom is 0.152 e. The Bertz CT molecular complexity index is 532. The molecule has 2 aromatic rings. The Kier molecular flexibility index (Phi) is 2.70. The molecule has 0 amide bonds. The molecule has 4 nitrogen and oxygen atoms in total. The molecule has 1 aliphatic carbocycles. The van der Waals surface area contributed by atoms with Crippen LogP contribution >= 0.6 is 0 Å². The number of pyridine rings is 1. The zero-order valence-electron chi connectivity index (χ0n) is 10.5. The van der Waals surface area contributed by atoms with Crippen LogP contribution < -0.4 is 10.6 Å². The van der Waals surface area contributed by atoms with Gasteiger partial charge in [0.25, 0.3) is 0 Å². The molecule has 0 atom stereocenters. The van der Waals surface area contributed by atoms with Gasteiger partial charge in [-0.15, -0.1) is 0 Å². The van der Waals surface area contributed by atoms with E-state index in [1.54, 1.807) is 6.26 Å². The zero-order valence-corrected chi connectivity index (χ0v) is 10.5. The number of aryl methyl sites for hydroxylation is 1. The van der Waals surface area contributed by atoms with Gasteiger partial charge in [-0.05, 0) is 44.0 Å². The predicted molar refractivity (Wildman–Crippen MR) is 71.3 cm³/mol. The minimum Gasteiger partial charge on any atom is -0.467 e. The van der Waals surface area contributed by atoms with Gasteiger partial charge in [0.05, 0.1) is 18.5 Å². The van der Waals surface area contributed by atoms with Gasteiger partial charge < -0.3 is 15.1 Å².